The zero-order chi connectivity index (χ0) is 14.5. The molecule has 106 valence electrons. The van der Waals surface area contributed by atoms with Gasteiger partial charge in [0, 0.05) is 18.2 Å². The Morgan fingerprint density at radius 1 is 1.00 bits per heavy atom. The molecule has 0 saturated heterocycles. The molecule has 0 saturated carbocycles. The van der Waals surface area contributed by atoms with Crippen LogP contribution in [-0.2, 0) is 6.54 Å². The van der Waals surface area contributed by atoms with E-state index in [2.05, 4.69) is 51.2 Å². The van der Waals surface area contributed by atoms with Crippen LogP contribution in [0.25, 0.3) is 0 Å². The fourth-order valence-corrected chi connectivity index (χ4v) is 2.10. The van der Waals surface area contributed by atoms with Gasteiger partial charge in [0.15, 0.2) is 0 Å². The largest absolute Gasteiger partial charge is 0.457 e. The van der Waals surface area contributed by atoms with E-state index in [4.69, 9.17) is 4.74 Å². The van der Waals surface area contributed by atoms with Crippen molar-refractivity contribution in [3.05, 3.63) is 59.2 Å². The molecule has 0 spiro atoms. The van der Waals surface area contributed by atoms with E-state index in [-0.39, 0.29) is 0 Å². The monoisotopic (exact) mass is 269 g/mol. The molecule has 0 aliphatic rings. The minimum atomic E-state index is 0.462. The molecule has 0 unspecified atom stereocenters. The van der Waals surface area contributed by atoms with E-state index in [1.54, 1.807) is 0 Å². The molecule has 0 radical (unpaired) electrons. The molecule has 0 aromatic heterocycles. The number of hydrogen-bond donors (Lipinski definition) is 1. The summed E-state index contributed by atoms with van der Waals surface area (Å²) in [5.74, 6) is 1.85. The fourth-order valence-electron chi connectivity index (χ4n) is 2.10. The van der Waals surface area contributed by atoms with Gasteiger partial charge in [0.05, 0.1) is 0 Å². The first-order valence-corrected chi connectivity index (χ1v) is 7.12. The summed E-state index contributed by atoms with van der Waals surface area (Å²) in [6.45, 7) is 9.29. The van der Waals surface area contributed by atoms with Crippen molar-refractivity contribution in [1.82, 2.24) is 5.32 Å². The molecule has 2 aromatic rings. The van der Waals surface area contributed by atoms with Gasteiger partial charge in [0.2, 0.25) is 0 Å². The van der Waals surface area contributed by atoms with Crippen molar-refractivity contribution in [2.24, 2.45) is 0 Å². The molecule has 0 atom stereocenters. The summed E-state index contributed by atoms with van der Waals surface area (Å²) in [4.78, 5) is 0. The molecule has 0 fully saturated rings. The van der Waals surface area contributed by atoms with Gasteiger partial charge in [-0.15, -0.1) is 0 Å². The topological polar surface area (TPSA) is 21.3 Å². The Labute approximate surface area is 121 Å². The van der Waals surface area contributed by atoms with Crippen molar-refractivity contribution < 1.29 is 4.74 Å². The molecule has 0 bridgehead atoms. The minimum absolute atomic E-state index is 0.462. The second-order valence-corrected chi connectivity index (χ2v) is 5.51. The predicted octanol–water partition coefficient (Wildman–Crippen LogP) is 4.59. The maximum absolute atomic E-state index is 6.09. The standard InChI is InChI=1S/C18H23NO/c1-13(2)19-12-16-7-5-6-8-18(16)20-17-10-9-14(3)11-15(17)4/h5-11,13,19H,12H2,1-4H3. The zero-order valence-electron chi connectivity index (χ0n) is 12.7. The van der Waals surface area contributed by atoms with Gasteiger partial charge in [-0.3, -0.25) is 0 Å². The number of aryl methyl sites for hydroxylation is 2. The lowest BCUT2D eigenvalue weighted by Gasteiger charge is -2.15. The van der Waals surface area contributed by atoms with Crippen LogP contribution < -0.4 is 10.1 Å². The average Bonchev–Trinajstić information content (AvgIpc) is 2.41. The molecule has 20 heavy (non-hydrogen) atoms. The number of rotatable bonds is 5. The van der Waals surface area contributed by atoms with E-state index in [1.807, 2.05) is 24.3 Å². The summed E-state index contributed by atoms with van der Waals surface area (Å²) < 4.78 is 6.09. The first-order chi connectivity index (χ1) is 9.56. The summed E-state index contributed by atoms with van der Waals surface area (Å²) in [5, 5.41) is 3.43. The van der Waals surface area contributed by atoms with Crippen molar-refractivity contribution in [3.8, 4) is 11.5 Å². The van der Waals surface area contributed by atoms with Gasteiger partial charge in [-0.05, 0) is 31.5 Å². The quantitative estimate of drug-likeness (QED) is 0.857. The van der Waals surface area contributed by atoms with Crippen LogP contribution in [0.1, 0.15) is 30.5 Å². The second-order valence-electron chi connectivity index (χ2n) is 5.51. The van der Waals surface area contributed by atoms with Crippen LogP contribution in [0.3, 0.4) is 0 Å². The van der Waals surface area contributed by atoms with E-state index in [9.17, 15) is 0 Å². The molecule has 0 amide bonds. The van der Waals surface area contributed by atoms with Crippen molar-refractivity contribution in [1.29, 1.82) is 0 Å². The van der Waals surface area contributed by atoms with E-state index < -0.39 is 0 Å². The number of ether oxygens (including phenoxy) is 1. The van der Waals surface area contributed by atoms with Gasteiger partial charge in [-0.25, -0.2) is 0 Å². The third kappa shape index (κ3) is 3.84. The smallest absolute Gasteiger partial charge is 0.131 e. The number of nitrogens with one attached hydrogen (secondary N) is 1. The van der Waals surface area contributed by atoms with Crippen LogP contribution in [0.2, 0.25) is 0 Å². The summed E-state index contributed by atoms with van der Waals surface area (Å²) in [7, 11) is 0. The molecule has 2 rings (SSSR count). The van der Waals surface area contributed by atoms with Gasteiger partial charge < -0.3 is 10.1 Å². The van der Waals surface area contributed by atoms with Crippen molar-refractivity contribution in [2.45, 2.75) is 40.3 Å². The SMILES string of the molecule is Cc1ccc(Oc2ccccc2CNC(C)C)c(C)c1. The Balaban J connectivity index is 2.20. The van der Waals surface area contributed by atoms with Crippen LogP contribution in [-0.4, -0.2) is 6.04 Å². The molecule has 2 nitrogen and oxygen atoms in total. The Hall–Kier alpha value is -1.80. The highest BCUT2D eigenvalue weighted by molar-refractivity contribution is 5.42. The summed E-state index contributed by atoms with van der Waals surface area (Å²) in [5.41, 5.74) is 3.60. The van der Waals surface area contributed by atoms with Gasteiger partial charge in [-0.1, -0.05) is 49.7 Å². The third-order valence-corrected chi connectivity index (χ3v) is 3.22. The fraction of sp³-hybridized carbons (Fsp3) is 0.333. The maximum Gasteiger partial charge on any atom is 0.131 e. The molecule has 0 aliphatic carbocycles. The van der Waals surface area contributed by atoms with Gasteiger partial charge >= 0.3 is 0 Å². The first-order valence-electron chi connectivity index (χ1n) is 7.12. The summed E-state index contributed by atoms with van der Waals surface area (Å²) in [6, 6.07) is 14.9. The maximum atomic E-state index is 6.09. The lowest BCUT2D eigenvalue weighted by atomic mass is 10.1. The van der Waals surface area contributed by atoms with E-state index in [0.717, 1.165) is 23.6 Å². The Bertz CT molecular complexity index is 575. The van der Waals surface area contributed by atoms with E-state index in [1.165, 1.54) is 11.1 Å². The van der Waals surface area contributed by atoms with Crippen molar-refractivity contribution in [2.75, 3.05) is 0 Å². The summed E-state index contributed by atoms with van der Waals surface area (Å²) in [6.07, 6.45) is 0. The van der Waals surface area contributed by atoms with Gasteiger partial charge in [0.25, 0.3) is 0 Å². The van der Waals surface area contributed by atoms with Gasteiger partial charge in [-0.2, -0.15) is 0 Å². The van der Waals surface area contributed by atoms with Crippen LogP contribution >= 0.6 is 0 Å². The third-order valence-electron chi connectivity index (χ3n) is 3.22. The number of para-hydroxylation sites is 1. The van der Waals surface area contributed by atoms with Crippen molar-refractivity contribution in [3.63, 3.8) is 0 Å². The molecular formula is C18H23NO. The van der Waals surface area contributed by atoms with E-state index >= 15 is 0 Å². The summed E-state index contributed by atoms with van der Waals surface area (Å²) >= 11 is 0. The highest BCUT2D eigenvalue weighted by Gasteiger charge is 2.07. The molecule has 2 heteroatoms. The number of benzene rings is 2. The Morgan fingerprint density at radius 2 is 1.75 bits per heavy atom. The Kier molecular flexibility index (Phi) is 4.80. The predicted molar refractivity (Wildman–Crippen MR) is 84.4 cm³/mol. The highest BCUT2D eigenvalue weighted by atomic mass is 16.5. The molecular weight excluding hydrogens is 246 g/mol. The first kappa shape index (κ1) is 14.6. The van der Waals surface area contributed by atoms with Crippen LogP contribution in [0, 0.1) is 13.8 Å². The zero-order valence-corrected chi connectivity index (χ0v) is 12.7. The van der Waals surface area contributed by atoms with Crippen LogP contribution in [0.5, 0.6) is 11.5 Å². The second kappa shape index (κ2) is 6.58. The Morgan fingerprint density at radius 3 is 2.45 bits per heavy atom. The lowest BCUT2D eigenvalue weighted by Crippen LogP contribution is -2.22. The normalized spacial score (nSPS) is 10.8. The van der Waals surface area contributed by atoms with Crippen LogP contribution in [0.15, 0.2) is 42.5 Å². The van der Waals surface area contributed by atoms with E-state index in [0.29, 0.717) is 6.04 Å². The average molecular weight is 269 g/mol. The molecule has 0 heterocycles. The van der Waals surface area contributed by atoms with Crippen molar-refractivity contribution >= 4 is 0 Å². The lowest BCUT2D eigenvalue weighted by molar-refractivity contribution is 0.466. The van der Waals surface area contributed by atoms with Gasteiger partial charge in [0.1, 0.15) is 11.5 Å². The highest BCUT2D eigenvalue weighted by Crippen LogP contribution is 2.28. The van der Waals surface area contributed by atoms with Crippen LogP contribution in [0.4, 0.5) is 0 Å². The number of hydrogen-bond acceptors (Lipinski definition) is 2. The molecule has 1 N–H and O–H groups in total. The molecule has 0 aliphatic heterocycles. The minimum Gasteiger partial charge on any atom is -0.457 e. The molecule has 2 aromatic carbocycles.